The number of pyridine rings is 1. The summed E-state index contributed by atoms with van der Waals surface area (Å²) in [4.78, 5) is 6.39. The molecule has 0 radical (unpaired) electrons. The molecule has 2 rings (SSSR count). The van der Waals surface area contributed by atoms with Crippen LogP contribution in [0.15, 0.2) is 18.3 Å². The fourth-order valence-electron chi connectivity index (χ4n) is 2.18. The van der Waals surface area contributed by atoms with E-state index in [0.29, 0.717) is 0 Å². The van der Waals surface area contributed by atoms with Gasteiger partial charge in [0.2, 0.25) is 0 Å². The van der Waals surface area contributed by atoms with Gasteiger partial charge in [0.05, 0.1) is 31.1 Å². The maximum absolute atomic E-state index is 12.8. The van der Waals surface area contributed by atoms with Crippen LogP contribution in [0.2, 0.25) is 0 Å². The summed E-state index contributed by atoms with van der Waals surface area (Å²) < 4.78 is 18.1. The molecule has 1 aromatic rings. The Labute approximate surface area is 107 Å². The summed E-state index contributed by atoms with van der Waals surface area (Å²) in [5.74, 6) is -0.0483. The average Bonchev–Trinajstić information content (AvgIpc) is 2.40. The normalized spacial score (nSPS) is 20.6. The zero-order valence-corrected chi connectivity index (χ0v) is 10.7. The first-order chi connectivity index (χ1) is 8.66. The Hall–Kier alpha value is -1.04. The quantitative estimate of drug-likeness (QED) is 0.875. The van der Waals surface area contributed by atoms with Crippen LogP contribution in [-0.2, 0) is 4.74 Å². The van der Waals surface area contributed by atoms with E-state index in [9.17, 15) is 4.39 Å². The third-order valence-electron chi connectivity index (χ3n) is 3.35. The molecule has 2 heterocycles. The molecule has 0 spiro atoms. The lowest BCUT2D eigenvalue weighted by atomic mass is 9.98. The van der Waals surface area contributed by atoms with E-state index in [4.69, 9.17) is 10.5 Å². The van der Waals surface area contributed by atoms with Crippen LogP contribution in [0, 0.1) is 11.7 Å². The highest BCUT2D eigenvalue weighted by Crippen LogP contribution is 2.19. The summed E-state index contributed by atoms with van der Waals surface area (Å²) in [7, 11) is 0. The Morgan fingerprint density at radius 3 is 2.78 bits per heavy atom. The molecule has 1 aromatic heterocycles. The highest BCUT2D eigenvalue weighted by Gasteiger charge is 2.20. The average molecular weight is 253 g/mol. The molecular weight excluding hydrogens is 233 g/mol. The van der Waals surface area contributed by atoms with Crippen molar-refractivity contribution >= 4 is 0 Å². The van der Waals surface area contributed by atoms with Crippen LogP contribution < -0.4 is 5.73 Å². The maximum Gasteiger partial charge on any atom is 0.141 e. The molecule has 0 aromatic carbocycles. The van der Waals surface area contributed by atoms with Gasteiger partial charge in [-0.05, 0) is 18.1 Å². The summed E-state index contributed by atoms with van der Waals surface area (Å²) in [6.45, 7) is 6.50. The number of hydrogen-bond donors (Lipinski definition) is 1. The number of hydrogen-bond acceptors (Lipinski definition) is 4. The van der Waals surface area contributed by atoms with Crippen LogP contribution in [-0.4, -0.2) is 42.7 Å². The van der Waals surface area contributed by atoms with Gasteiger partial charge >= 0.3 is 0 Å². The minimum Gasteiger partial charge on any atom is -0.379 e. The monoisotopic (exact) mass is 253 g/mol. The molecule has 0 bridgehead atoms. The fraction of sp³-hybridized carbons (Fsp3) is 0.615. The lowest BCUT2D eigenvalue weighted by Crippen LogP contribution is -2.41. The Morgan fingerprint density at radius 1 is 1.44 bits per heavy atom. The lowest BCUT2D eigenvalue weighted by Gasteiger charge is -2.31. The van der Waals surface area contributed by atoms with E-state index >= 15 is 0 Å². The topological polar surface area (TPSA) is 51.4 Å². The Bertz CT molecular complexity index is 365. The maximum atomic E-state index is 12.8. The Morgan fingerprint density at radius 2 is 2.17 bits per heavy atom. The van der Waals surface area contributed by atoms with Gasteiger partial charge in [0.1, 0.15) is 5.82 Å². The number of nitrogens with zero attached hydrogens (tertiary/aromatic N) is 2. The van der Waals surface area contributed by atoms with Gasteiger partial charge < -0.3 is 10.5 Å². The molecule has 1 aliphatic heterocycles. The SMILES string of the molecule is CC(CN1CCOCC1)C(N)c1ccc(F)cn1. The van der Waals surface area contributed by atoms with Crippen LogP contribution in [0.3, 0.4) is 0 Å². The molecule has 2 unspecified atom stereocenters. The molecule has 0 aliphatic carbocycles. The second-order valence-electron chi connectivity index (χ2n) is 4.82. The van der Waals surface area contributed by atoms with E-state index < -0.39 is 0 Å². The molecular formula is C13H20FN3O. The van der Waals surface area contributed by atoms with Crippen LogP contribution in [0.4, 0.5) is 4.39 Å². The van der Waals surface area contributed by atoms with E-state index in [1.54, 1.807) is 6.07 Å². The highest BCUT2D eigenvalue weighted by atomic mass is 19.1. The summed E-state index contributed by atoms with van der Waals surface area (Å²) in [5, 5.41) is 0. The van der Waals surface area contributed by atoms with Gasteiger partial charge in [0, 0.05) is 19.6 Å². The largest absolute Gasteiger partial charge is 0.379 e. The molecule has 1 aliphatic rings. The zero-order valence-electron chi connectivity index (χ0n) is 10.7. The van der Waals surface area contributed by atoms with Crippen LogP contribution in [0.1, 0.15) is 18.7 Å². The molecule has 100 valence electrons. The predicted octanol–water partition coefficient (Wildman–Crippen LogP) is 1.19. The minimum atomic E-state index is -0.327. The molecule has 4 nitrogen and oxygen atoms in total. The van der Waals surface area contributed by atoms with Gasteiger partial charge in [-0.3, -0.25) is 9.88 Å². The smallest absolute Gasteiger partial charge is 0.141 e. The van der Waals surface area contributed by atoms with Crippen molar-refractivity contribution in [3.8, 4) is 0 Å². The summed E-state index contributed by atoms with van der Waals surface area (Å²) in [6, 6.07) is 2.91. The van der Waals surface area contributed by atoms with E-state index in [0.717, 1.165) is 38.5 Å². The van der Waals surface area contributed by atoms with Crippen molar-refractivity contribution in [1.82, 2.24) is 9.88 Å². The molecule has 1 fully saturated rings. The van der Waals surface area contributed by atoms with E-state index in [-0.39, 0.29) is 17.8 Å². The van der Waals surface area contributed by atoms with Gasteiger partial charge in [-0.2, -0.15) is 0 Å². The fourth-order valence-corrected chi connectivity index (χ4v) is 2.18. The lowest BCUT2D eigenvalue weighted by molar-refractivity contribution is 0.0300. The van der Waals surface area contributed by atoms with Crippen molar-refractivity contribution in [3.63, 3.8) is 0 Å². The second kappa shape index (κ2) is 6.22. The van der Waals surface area contributed by atoms with Crippen molar-refractivity contribution in [2.75, 3.05) is 32.8 Å². The first-order valence-electron chi connectivity index (χ1n) is 6.34. The van der Waals surface area contributed by atoms with Crippen LogP contribution in [0.5, 0.6) is 0 Å². The van der Waals surface area contributed by atoms with E-state index in [1.807, 2.05) is 0 Å². The van der Waals surface area contributed by atoms with Gasteiger partial charge in [-0.15, -0.1) is 0 Å². The summed E-state index contributed by atoms with van der Waals surface area (Å²) in [6.07, 6.45) is 1.22. The third-order valence-corrected chi connectivity index (χ3v) is 3.35. The van der Waals surface area contributed by atoms with Crippen molar-refractivity contribution in [2.24, 2.45) is 11.7 Å². The first kappa shape index (κ1) is 13.4. The molecule has 2 atom stereocenters. The molecule has 0 saturated carbocycles. The standard InChI is InChI=1S/C13H20FN3O/c1-10(9-17-4-6-18-7-5-17)13(15)12-3-2-11(14)8-16-12/h2-3,8,10,13H,4-7,9,15H2,1H3. The summed E-state index contributed by atoms with van der Waals surface area (Å²) in [5.41, 5.74) is 6.91. The Balaban J connectivity index is 1.91. The van der Waals surface area contributed by atoms with Crippen molar-refractivity contribution in [1.29, 1.82) is 0 Å². The first-order valence-corrected chi connectivity index (χ1v) is 6.34. The van der Waals surface area contributed by atoms with Gasteiger partial charge in [-0.1, -0.05) is 6.92 Å². The number of aromatic nitrogens is 1. The molecule has 1 saturated heterocycles. The van der Waals surface area contributed by atoms with E-state index in [2.05, 4.69) is 16.8 Å². The predicted molar refractivity (Wildman–Crippen MR) is 67.5 cm³/mol. The second-order valence-corrected chi connectivity index (χ2v) is 4.82. The van der Waals surface area contributed by atoms with Gasteiger partial charge in [-0.25, -0.2) is 4.39 Å². The van der Waals surface area contributed by atoms with Crippen molar-refractivity contribution in [2.45, 2.75) is 13.0 Å². The van der Waals surface area contributed by atoms with Gasteiger partial charge in [0.15, 0.2) is 0 Å². The number of ether oxygens (including phenoxy) is 1. The number of nitrogens with two attached hydrogens (primary N) is 1. The number of halogens is 1. The van der Waals surface area contributed by atoms with Crippen molar-refractivity contribution < 1.29 is 9.13 Å². The minimum absolute atomic E-state index is 0.159. The van der Waals surface area contributed by atoms with Gasteiger partial charge in [0.25, 0.3) is 0 Å². The number of morpholine rings is 1. The Kier molecular flexibility index (Phi) is 4.63. The number of rotatable bonds is 4. The zero-order chi connectivity index (χ0) is 13.0. The van der Waals surface area contributed by atoms with E-state index in [1.165, 1.54) is 12.3 Å². The van der Waals surface area contributed by atoms with Crippen LogP contribution >= 0.6 is 0 Å². The molecule has 18 heavy (non-hydrogen) atoms. The molecule has 5 heteroatoms. The van der Waals surface area contributed by atoms with Crippen LogP contribution in [0.25, 0.3) is 0 Å². The molecule has 2 N–H and O–H groups in total. The third kappa shape index (κ3) is 3.48. The highest BCUT2D eigenvalue weighted by molar-refractivity contribution is 5.10. The van der Waals surface area contributed by atoms with Crippen molar-refractivity contribution in [3.05, 3.63) is 29.8 Å². The summed E-state index contributed by atoms with van der Waals surface area (Å²) >= 11 is 0. The molecule has 0 amide bonds.